The van der Waals surface area contributed by atoms with Crippen LogP contribution in [0.2, 0.25) is 0 Å². The zero-order chi connectivity index (χ0) is 13.1. The first-order valence-electron chi connectivity index (χ1n) is 5.34. The van der Waals surface area contributed by atoms with Gasteiger partial charge in [-0.25, -0.2) is 0 Å². The van der Waals surface area contributed by atoms with E-state index in [1.807, 2.05) is 25.1 Å². The second-order valence-corrected chi connectivity index (χ2v) is 4.72. The molecule has 0 spiro atoms. The first-order valence-corrected chi connectivity index (χ1v) is 6.13. The molecule has 90 valence electrons. The van der Waals surface area contributed by atoms with Gasteiger partial charge in [0.1, 0.15) is 23.1 Å². The highest BCUT2D eigenvalue weighted by atomic mass is 79.9. The summed E-state index contributed by atoms with van der Waals surface area (Å²) in [7, 11) is 0. The second-order valence-electron chi connectivity index (χ2n) is 3.87. The molecule has 0 amide bonds. The van der Waals surface area contributed by atoms with Gasteiger partial charge >= 0.3 is 0 Å². The molecule has 0 radical (unpaired) electrons. The molecular weight excluding hydrogens is 292 g/mol. The molecule has 18 heavy (non-hydrogen) atoms. The lowest BCUT2D eigenvalue weighted by Crippen LogP contribution is -1.94. The van der Waals surface area contributed by atoms with E-state index in [9.17, 15) is 0 Å². The molecule has 0 aromatic heterocycles. The van der Waals surface area contributed by atoms with Crippen LogP contribution in [0.3, 0.4) is 0 Å². The van der Waals surface area contributed by atoms with Crippen LogP contribution in [0.25, 0.3) is 0 Å². The molecule has 2 N–H and O–H groups in total. The number of ether oxygens (including phenoxy) is 1. The minimum Gasteiger partial charge on any atom is -0.454 e. The van der Waals surface area contributed by atoms with Gasteiger partial charge in [0, 0.05) is 4.47 Å². The molecule has 0 aliphatic rings. The van der Waals surface area contributed by atoms with Gasteiger partial charge in [-0.05, 0) is 52.7 Å². The average Bonchev–Trinajstić information content (AvgIpc) is 2.33. The zero-order valence-corrected chi connectivity index (χ0v) is 11.4. The van der Waals surface area contributed by atoms with Gasteiger partial charge in [-0.2, -0.15) is 5.26 Å². The van der Waals surface area contributed by atoms with Crippen LogP contribution in [0.4, 0.5) is 5.69 Å². The van der Waals surface area contributed by atoms with E-state index in [0.717, 1.165) is 5.56 Å². The molecule has 0 aliphatic heterocycles. The Kier molecular flexibility index (Phi) is 3.54. The van der Waals surface area contributed by atoms with Crippen LogP contribution in [-0.2, 0) is 0 Å². The number of halogens is 1. The van der Waals surface area contributed by atoms with Crippen molar-refractivity contribution in [1.29, 1.82) is 5.26 Å². The van der Waals surface area contributed by atoms with Crippen LogP contribution in [0.15, 0.2) is 40.9 Å². The fourth-order valence-corrected chi connectivity index (χ4v) is 2.01. The quantitative estimate of drug-likeness (QED) is 0.853. The molecule has 0 heterocycles. The van der Waals surface area contributed by atoms with Crippen molar-refractivity contribution in [1.82, 2.24) is 0 Å². The number of nitriles is 1. The molecule has 0 bridgehead atoms. The van der Waals surface area contributed by atoms with Crippen molar-refractivity contribution in [2.24, 2.45) is 0 Å². The van der Waals surface area contributed by atoms with Gasteiger partial charge in [0.2, 0.25) is 0 Å². The maximum absolute atomic E-state index is 9.10. The number of hydrogen-bond donors (Lipinski definition) is 1. The molecule has 0 fully saturated rings. The summed E-state index contributed by atoms with van der Waals surface area (Å²) in [5.74, 6) is 1.04. The van der Waals surface area contributed by atoms with Crippen molar-refractivity contribution in [3.8, 4) is 17.6 Å². The predicted molar refractivity (Wildman–Crippen MR) is 74.5 cm³/mol. The number of benzene rings is 2. The molecule has 2 rings (SSSR count). The molecule has 0 saturated heterocycles. The average molecular weight is 303 g/mol. The lowest BCUT2D eigenvalue weighted by molar-refractivity contribution is 0.483. The summed E-state index contributed by atoms with van der Waals surface area (Å²) in [4.78, 5) is 0. The Bertz CT molecular complexity index is 632. The van der Waals surface area contributed by atoms with Crippen molar-refractivity contribution < 1.29 is 4.74 Å². The van der Waals surface area contributed by atoms with Crippen molar-refractivity contribution >= 4 is 21.6 Å². The summed E-state index contributed by atoms with van der Waals surface area (Å²) >= 11 is 3.32. The monoisotopic (exact) mass is 302 g/mol. The molecule has 0 aliphatic carbocycles. The van der Waals surface area contributed by atoms with Crippen molar-refractivity contribution in [2.45, 2.75) is 6.92 Å². The highest BCUT2D eigenvalue weighted by Gasteiger charge is 2.09. The van der Waals surface area contributed by atoms with E-state index in [0.29, 0.717) is 27.2 Å². The van der Waals surface area contributed by atoms with Gasteiger partial charge in [-0.1, -0.05) is 12.1 Å². The first kappa shape index (κ1) is 12.5. The number of anilines is 1. The lowest BCUT2D eigenvalue weighted by Gasteiger charge is -2.10. The smallest absolute Gasteiger partial charge is 0.150 e. The Morgan fingerprint density at radius 1 is 1.22 bits per heavy atom. The third-order valence-electron chi connectivity index (χ3n) is 2.47. The topological polar surface area (TPSA) is 59.0 Å². The van der Waals surface area contributed by atoms with Gasteiger partial charge in [-0.3, -0.25) is 0 Å². The van der Waals surface area contributed by atoms with Crippen LogP contribution < -0.4 is 10.5 Å². The summed E-state index contributed by atoms with van der Waals surface area (Å²) in [5, 5.41) is 9.10. The third kappa shape index (κ3) is 2.47. The number of nitrogen functional groups attached to an aromatic ring is 1. The lowest BCUT2D eigenvalue weighted by atomic mass is 10.2. The summed E-state index contributed by atoms with van der Waals surface area (Å²) in [6, 6.07) is 13.0. The summed E-state index contributed by atoms with van der Waals surface area (Å²) in [5.41, 5.74) is 7.95. The first-order chi connectivity index (χ1) is 8.61. The van der Waals surface area contributed by atoms with Crippen LogP contribution >= 0.6 is 15.9 Å². The number of rotatable bonds is 2. The molecule has 0 atom stereocenters. The highest BCUT2D eigenvalue weighted by Crippen LogP contribution is 2.32. The van der Waals surface area contributed by atoms with Crippen molar-refractivity contribution in [3.05, 3.63) is 52.0 Å². The SMILES string of the molecule is Cc1ccc(Oc2cccc(Br)c2C#N)c(N)c1. The van der Waals surface area contributed by atoms with Crippen LogP contribution in [0.1, 0.15) is 11.1 Å². The van der Waals surface area contributed by atoms with E-state index in [1.54, 1.807) is 18.2 Å². The molecule has 0 saturated carbocycles. The van der Waals surface area contributed by atoms with E-state index in [-0.39, 0.29) is 0 Å². The van der Waals surface area contributed by atoms with Crippen molar-refractivity contribution in [2.75, 3.05) is 5.73 Å². The van der Waals surface area contributed by atoms with E-state index in [2.05, 4.69) is 22.0 Å². The molecule has 2 aromatic carbocycles. The van der Waals surface area contributed by atoms with Crippen LogP contribution in [-0.4, -0.2) is 0 Å². The normalized spacial score (nSPS) is 9.83. The number of aryl methyl sites for hydroxylation is 1. The minimum absolute atomic E-state index is 0.456. The minimum atomic E-state index is 0.456. The van der Waals surface area contributed by atoms with Crippen molar-refractivity contribution in [3.63, 3.8) is 0 Å². The standard InChI is InChI=1S/C14H11BrN2O/c1-9-5-6-14(12(17)7-9)18-13-4-2-3-11(15)10(13)8-16/h2-7H,17H2,1H3. The van der Waals surface area contributed by atoms with E-state index in [1.165, 1.54) is 0 Å². The Balaban J connectivity index is 2.41. The Morgan fingerprint density at radius 2 is 2.00 bits per heavy atom. The van der Waals surface area contributed by atoms with E-state index in [4.69, 9.17) is 15.7 Å². The molecule has 4 heteroatoms. The molecule has 2 aromatic rings. The Hall–Kier alpha value is -1.99. The van der Waals surface area contributed by atoms with E-state index < -0.39 is 0 Å². The molecule has 0 unspecified atom stereocenters. The van der Waals surface area contributed by atoms with Gasteiger partial charge in [0.05, 0.1) is 5.69 Å². The van der Waals surface area contributed by atoms with Gasteiger partial charge in [0.15, 0.2) is 0 Å². The number of nitrogens with two attached hydrogens (primary N) is 1. The molecular formula is C14H11BrN2O. The highest BCUT2D eigenvalue weighted by molar-refractivity contribution is 9.10. The maximum atomic E-state index is 9.10. The summed E-state index contributed by atoms with van der Waals surface area (Å²) in [6.07, 6.45) is 0. The molecule has 3 nitrogen and oxygen atoms in total. The second kappa shape index (κ2) is 5.11. The Morgan fingerprint density at radius 3 is 2.67 bits per heavy atom. The predicted octanol–water partition coefficient (Wildman–Crippen LogP) is 4.00. The zero-order valence-electron chi connectivity index (χ0n) is 9.77. The van der Waals surface area contributed by atoms with E-state index >= 15 is 0 Å². The Labute approximate surface area is 114 Å². The fourth-order valence-electron chi connectivity index (χ4n) is 1.58. The van der Waals surface area contributed by atoms with Gasteiger partial charge in [0.25, 0.3) is 0 Å². The maximum Gasteiger partial charge on any atom is 0.150 e. The largest absolute Gasteiger partial charge is 0.454 e. The van der Waals surface area contributed by atoms with Crippen LogP contribution in [0.5, 0.6) is 11.5 Å². The van der Waals surface area contributed by atoms with Gasteiger partial charge < -0.3 is 10.5 Å². The third-order valence-corrected chi connectivity index (χ3v) is 3.13. The van der Waals surface area contributed by atoms with Crippen LogP contribution in [0, 0.1) is 18.3 Å². The number of hydrogen-bond acceptors (Lipinski definition) is 3. The summed E-state index contributed by atoms with van der Waals surface area (Å²) in [6.45, 7) is 1.96. The fraction of sp³-hybridized carbons (Fsp3) is 0.0714. The summed E-state index contributed by atoms with van der Waals surface area (Å²) < 4.78 is 6.39. The van der Waals surface area contributed by atoms with Gasteiger partial charge in [-0.15, -0.1) is 0 Å². The number of nitrogens with zero attached hydrogens (tertiary/aromatic N) is 1.